The van der Waals surface area contributed by atoms with Crippen LogP contribution in [0.2, 0.25) is 0 Å². The van der Waals surface area contributed by atoms with Crippen LogP contribution in [-0.2, 0) is 6.16 Å². The summed E-state index contributed by atoms with van der Waals surface area (Å²) in [5, 5.41) is 4.16. The van der Waals surface area contributed by atoms with Crippen molar-refractivity contribution in [2.45, 2.75) is 220 Å². The van der Waals surface area contributed by atoms with Crippen molar-refractivity contribution in [3.63, 3.8) is 0 Å². The predicted octanol–water partition coefficient (Wildman–Crippen LogP) is 19.4. The summed E-state index contributed by atoms with van der Waals surface area (Å²) in [5.74, 6) is 2.53. The fourth-order valence-corrected chi connectivity index (χ4v) is 13.6. The zero-order chi connectivity index (χ0) is 50.2. The van der Waals surface area contributed by atoms with Gasteiger partial charge >= 0.3 is 7.25 Å². The van der Waals surface area contributed by atoms with E-state index in [1.54, 1.807) is 0 Å². The van der Waals surface area contributed by atoms with Gasteiger partial charge in [0.25, 0.3) is 0 Å². The van der Waals surface area contributed by atoms with E-state index in [0.29, 0.717) is 19.8 Å². The molecule has 4 rings (SSSR count). The van der Waals surface area contributed by atoms with E-state index in [1.807, 2.05) is 0 Å². The Hall–Kier alpha value is -3.51. The smallest absolute Gasteiger partial charge is 0.490 e. The minimum Gasteiger partial charge on any atom is -0.490 e. The summed E-state index contributed by atoms with van der Waals surface area (Å²) in [7, 11) is -8.14. The quantitative estimate of drug-likeness (QED) is 0.0192. The van der Waals surface area contributed by atoms with Crippen LogP contribution in [0, 0.1) is 0 Å². The highest BCUT2D eigenvalue weighted by Gasteiger charge is 2.45. The van der Waals surface area contributed by atoms with Crippen molar-refractivity contribution in [3.05, 3.63) is 109 Å². The minimum atomic E-state index is -6.00. The number of halogens is 4. The summed E-state index contributed by atoms with van der Waals surface area (Å²) in [6, 6.07) is 38.4. The summed E-state index contributed by atoms with van der Waals surface area (Å²) in [4.78, 5) is 0. The molecule has 0 N–H and O–H groups in total. The summed E-state index contributed by atoms with van der Waals surface area (Å²) in [6.45, 7) is 8.98. The van der Waals surface area contributed by atoms with Gasteiger partial charge < -0.3 is 31.5 Å². The third-order valence-corrected chi connectivity index (χ3v) is 17.7. The van der Waals surface area contributed by atoms with Gasteiger partial charge in [-0.15, -0.1) is 0 Å². The molecule has 4 aromatic rings. The lowest BCUT2D eigenvalue weighted by molar-refractivity contribution is 0.234. The maximum absolute atomic E-state index is 9.75. The van der Waals surface area contributed by atoms with Crippen LogP contribution in [0.5, 0.6) is 17.2 Å². The van der Waals surface area contributed by atoms with Crippen LogP contribution in [0.15, 0.2) is 103 Å². The molecule has 70 heavy (non-hydrogen) atoms. The lowest BCUT2D eigenvalue weighted by Gasteiger charge is -2.28. The maximum Gasteiger partial charge on any atom is 0.673 e. The lowest BCUT2D eigenvalue weighted by Crippen LogP contribution is -2.32. The predicted molar refractivity (Wildman–Crippen MR) is 297 cm³/mol. The van der Waals surface area contributed by atoms with Gasteiger partial charge in [0, 0.05) is 0 Å². The Labute approximate surface area is 425 Å². The number of hydrogen-bond acceptors (Lipinski definition) is 3. The van der Waals surface area contributed by atoms with Crippen LogP contribution in [0.4, 0.5) is 17.3 Å². The van der Waals surface area contributed by atoms with Gasteiger partial charge in [0.15, 0.2) is 11.5 Å². The number of unbranched alkanes of at least 4 members (excludes halogenated alkanes) is 27. The number of hydrogen-bond donors (Lipinski definition) is 0. The molecule has 0 bridgehead atoms. The van der Waals surface area contributed by atoms with Crippen molar-refractivity contribution in [1.82, 2.24) is 0 Å². The van der Waals surface area contributed by atoms with Gasteiger partial charge in [-0.3, -0.25) is 0 Å². The third kappa shape index (κ3) is 26.8. The summed E-state index contributed by atoms with van der Waals surface area (Å²) in [5.41, 5.74) is 1.25. The highest BCUT2D eigenvalue weighted by molar-refractivity contribution is 7.95. The molecule has 0 spiro atoms. The molecular formula is C61H94BF4O3P. The Morgan fingerprint density at radius 3 is 0.857 bits per heavy atom. The van der Waals surface area contributed by atoms with Crippen LogP contribution < -0.4 is 30.1 Å². The molecule has 0 heterocycles. The van der Waals surface area contributed by atoms with E-state index in [2.05, 4.69) is 124 Å². The van der Waals surface area contributed by atoms with Crippen LogP contribution >= 0.6 is 7.26 Å². The van der Waals surface area contributed by atoms with Crippen molar-refractivity contribution in [2.75, 3.05) is 19.8 Å². The molecule has 3 nitrogen and oxygen atoms in total. The molecular weight excluding hydrogens is 898 g/mol. The molecule has 0 aromatic heterocycles. The van der Waals surface area contributed by atoms with E-state index < -0.39 is 14.5 Å². The van der Waals surface area contributed by atoms with Crippen LogP contribution in [0.25, 0.3) is 0 Å². The average molecular weight is 993 g/mol. The molecule has 0 amide bonds. The second kappa shape index (κ2) is 39.1. The summed E-state index contributed by atoms with van der Waals surface area (Å²) >= 11 is 0. The molecule has 4 aromatic carbocycles. The van der Waals surface area contributed by atoms with Crippen LogP contribution in [-0.4, -0.2) is 27.1 Å². The fraction of sp³-hybridized carbons (Fsp3) is 0.607. The summed E-state index contributed by atoms with van der Waals surface area (Å²) < 4.78 is 59.6. The molecule has 0 aliphatic heterocycles. The van der Waals surface area contributed by atoms with Gasteiger partial charge in [-0.25, -0.2) is 0 Å². The molecule has 0 aliphatic rings. The van der Waals surface area contributed by atoms with Gasteiger partial charge in [-0.05, 0) is 73.4 Å². The van der Waals surface area contributed by atoms with Crippen molar-refractivity contribution >= 4 is 30.4 Å². The molecule has 0 unspecified atom stereocenters. The van der Waals surface area contributed by atoms with Gasteiger partial charge in [0.05, 0.1) is 26.0 Å². The third-order valence-electron chi connectivity index (χ3n) is 13.3. The van der Waals surface area contributed by atoms with Gasteiger partial charge in [-0.2, -0.15) is 0 Å². The maximum atomic E-state index is 9.75. The molecule has 0 radical (unpaired) electrons. The lowest BCUT2D eigenvalue weighted by atomic mass is 10.1. The van der Waals surface area contributed by atoms with E-state index in [-0.39, 0.29) is 0 Å². The highest BCUT2D eigenvalue weighted by Crippen LogP contribution is 2.59. The SMILES string of the molecule is CCCCCCCCCCCCOc1cc(C[P+](c2ccccc2)(c2ccccc2)c2ccccc2)cc(OCCCCCCCCCCCC)c1OCCCCCCCCCCCC.F[B-](F)(F)F. The Kier molecular flexibility index (Phi) is 33.9. The molecule has 0 saturated carbocycles. The molecule has 0 atom stereocenters. The highest BCUT2D eigenvalue weighted by atomic mass is 31.2. The van der Waals surface area contributed by atoms with Gasteiger partial charge in [0.2, 0.25) is 5.75 Å². The van der Waals surface area contributed by atoms with E-state index >= 15 is 0 Å². The zero-order valence-electron chi connectivity index (χ0n) is 44.1. The molecule has 392 valence electrons. The van der Waals surface area contributed by atoms with Crippen molar-refractivity contribution in [1.29, 1.82) is 0 Å². The van der Waals surface area contributed by atoms with E-state index in [0.717, 1.165) is 42.7 Å². The zero-order valence-corrected chi connectivity index (χ0v) is 45.0. The fourth-order valence-electron chi connectivity index (χ4n) is 9.43. The Morgan fingerprint density at radius 2 is 0.586 bits per heavy atom. The normalized spacial score (nSPS) is 11.6. The Balaban J connectivity index is 0.00000246. The molecule has 0 saturated heterocycles. The number of rotatable bonds is 41. The standard InChI is InChI=1S/C61H94O3P.BF4/c1-4-7-10-13-16-19-22-25-28-40-49-62-59-52-55(54-65(56-43-34-31-35-44-56,57-45-36-32-37-46-57)58-47-38-33-39-48-58)53-60(63-50-41-29-26-23-20-17-14-11-8-5-2)61(59)64-51-42-30-27-24-21-18-15-12-9-6-3;2-1(3,4)5/h31-39,43-48,52-53H,4-30,40-42,49-51,54H2,1-3H3;/q+1;-1. The first-order valence-electron chi connectivity index (χ1n) is 28.2. The van der Waals surface area contributed by atoms with Gasteiger partial charge in [0.1, 0.15) is 23.2 Å². The molecule has 9 heteroatoms. The second-order valence-electron chi connectivity index (χ2n) is 19.5. The van der Waals surface area contributed by atoms with Crippen LogP contribution in [0.1, 0.15) is 219 Å². The van der Waals surface area contributed by atoms with E-state index in [9.17, 15) is 17.3 Å². The topological polar surface area (TPSA) is 27.7 Å². The molecule has 0 fully saturated rings. The first-order valence-corrected chi connectivity index (χ1v) is 30.2. The molecule has 0 aliphatic carbocycles. The van der Waals surface area contributed by atoms with E-state index in [4.69, 9.17) is 14.2 Å². The number of benzene rings is 4. The average Bonchev–Trinajstić information content (AvgIpc) is 3.36. The Morgan fingerprint density at radius 1 is 0.343 bits per heavy atom. The Bertz CT molecular complexity index is 1660. The van der Waals surface area contributed by atoms with Crippen molar-refractivity contribution in [3.8, 4) is 17.2 Å². The minimum absolute atomic E-state index is 0.689. The van der Waals surface area contributed by atoms with Crippen molar-refractivity contribution < 1.29 is 31.5 Å². The largest absolute Gasteiger partial charge is 0.673 e. The van der Waals surface area contributed by atoms with Gasteiger partial charge in [-0.1, -0.05) is 249 Å². The summed E-state index contributed by atoms with van der Waals surface area (Å²) in [6.07, 6.45) is 40.1. The first-order chi connectivity index (χ1) is 34.2. The first kappa shape index (κ1) is 60.8. The monoisotopic (exact) mass is 993 g/mol. The van der Waals surface area contributed by atoms with E-state index in [1.165, 1.54) is 195 Å². The second-order valence-corrected chi connectivity index (χ2v) is 23.0. The van der Waals surface area contributed by atoms with Crippen molar-refractivity contribution in [2.24, 2.45) is 0 Å². The number of ether oxygens (including phenoxy) is 3. The van der Waals surface area contributed by atoms with Crippen LogP contribution in [0.3, 0.4) is 0 Å².